The van der Waals surface area contributed by atoms with E-state index in [9.17, 15) is 4.79 Å². The Morgan fingerprint density at radius 2 is 2.00 bits per heavy atom. The van der Waals surface area contributed by atoms with Crippen LogP contribution >= 0.6 is 0 Å². The van der Waals surface area contributed by atoms with Crippen molar-refractivity contribution in [1.82, 2.24) is 0 Å². The smallest absolute Gasteiger partial charge is 0.312 e. The third-order valence-electron chi connectivity index (χ3n) is 2.31. The minimum atomic E-state index is -0.608. The lowest BCUT2D eigenvalue weighted by molar-refractivity contribution is -0.155. The van der Waals surface area contributed by atoms with Crippen molar-refractivity contribution in [2.45, 2.75) is 26.9 Å². The van der Waals surface area contributed by atoms with Gasteiger partial charge < -0.3 is 4.74 Å². The zero-order chi connectivity index (χ0) is 12.0. The molecule has 2 heteroatoms. The third-order valence-corrected chi connectivity index (χ3v) is 2.31. The molecule has 0 heterocycles. The zero-order valence-electron chi connectivity index (χ0n) is 9.69. The molecule has 2 nitrogen and oxygen atoms in total. The summed E-state index contributed by atoms with van der Waals surface area (Å²) in [6.07, 6.45) is 5.59. The lowest BCUT2D eigenvalue weighted by Crippen LogP contribution is -2.26. The first-order chi connectivity index (χ1) is 7.56. The van der Waals surface area contributed by atoms with Crippen molar-refractivity contribution in [3.63, 3.8) is 0 Å². The minimum Gasteiger partial charge on any atom is -0.460 e. The molecule has 0 aliphatic heterocycles. The standard InChI is InChI=1S/C14H16O2/c1-4-10-14(2,3)13(15)16-11-12-8-6-5-7-9-12/h1,5-9H,10-11H2,2-3H3. The Balaban J connectivity index is 2.51. The molecular weight excluding hydrogens is 200 g/mol. The summed E-state index contributed by atoms with van der Waals surface area (Å²) in [5.74, 6) is 2.23. The van der Waals surface area contributed by atoms with Crippen LogP contribution < -0.4 is 0 Å². The number of carbonyl (C=O) groups is 1. The van der Waals surface area contributed by atoms with E-state index in [-0.39, 0.29) is 5.97 Å². The van der Waals surface area contributed by atoms with Crippen LogP contribution in [-0.4, -0.2) is 5.97 Å². The second-order valence-electron chi connectivity index (χ2n) is 4.33. The molecule has 1 aromatic rings. The highest BCUT2D eigenvalue weighted by molar-refractivity contribution is 5.76. The molecule has 0 saturated heterocycles. The molecule has 0 fully saturated rings. The molecule has 0 aliphatic carbocycles. The highest BCUT2D eigenvalue weighted by Crippen LogP contribution is 2.22. The number of carbonyl (C=O) groups excluding carboxylic acids is 1. The number of hydrogen-bond acceptors (Lipinski definition) is 2. The molecule has 0 unspecified atom stereocenters. The number of ether oxygens (including phenoxy) is 1. The highest BCUT2D eigenvalue weighted by atomic mass is 16.5. The number of rotatable bonds is 4. The maximum absolute atomic E-state index is 11.7. The van der Waals surface area contributed by atoms with Crippen molar-refractivity contribution in [1.29, 1.82) is 0 Å². The molecule has 0 bridgehead atoms. The molecule has 0 radical (unpaired) electrons. The number of benzene rings is 1. The van der Waals surface area contributed by atoms with Gasteiger partial charge in [0.1, 0.15) is 6.61 Å². The predicted molar refractivity (Wildman–Crippen MR) is 63.5 cm³/mol. The van der Waals surface area contributed by atoms with Gasteiger partial charge in [-0.05, 0) is 19.4 Å². The second-order valence-corrected chi connectivity index (χ2v) is 4.33. The molecule has 0 amide bonds. The summed E-state index contributed by atoms with van der Waals surface area (Å²) in [5.41, 5.74) is 0.371. The van der Waals surface area contributed by atoms with Crippen LogP contribution in [-0.2, 0) is 16.1 Å². The predicted octanol–water partition coefficient (Wildman–Crippen LogP) is 2.78. The third kappa shape index (κ3) is 3.43. The average Bonchev–Trinajstić information content (AvgIpc) is 2.27. The monoisotopic (exact) mass is 216 g/mol. The van der Waals surface area contributed by atoms with Gasteiger partial charge in [-0.25, -0.2) is 0 Å². The average molecular weight is 216 g/mol. The van der Waals surface area contributed by atoms with E-state index in [2.05, 4.69) is 5.92 Å². The Hall–Kier alpha value is -1.75. The van der Waals surface area contributed by atoms with Gasteiger partial charge >= 0.3 is 5.97 Å². The molecule has 1 aromatic carbocycles. The van der Waals surface area contributed by atoms with Gasteiger partial charge in [0.25, 0.3) is 0 Å². The van der Waals surface area contributed by atoms with Gasteiger partial charge in [-0.2, -0.15) is 0 Å². The van der Waals surface area contributed by atoms with Crippen LogP contribution in [0.25, 0.3) is 0 Å². The van der Waals surface area contributed by atoms with Gasteiger partial charge in [0, 0.05) is 6.42 Å². The van der Waals surface area contributed by atoms with Crippen molar-refractivity contribution in [2.75, 3.05) is 0 Å². The quantitative estimate of drug-likeness (QED) is 0.571. The Kier molecular flexibility index (Phi) is 4.13. The molecular formula is C14H16O2. The fourth-order valence-electron chi connectivity index (χ4n) is 1.25. The first kappa shape index (κ1) is 12.3. The van der Waals surface area contributed by atoms with Crippen LogP contribution in [0.2, 0.25) is 0 Å². The molecule has 0 spiro atoms. The van der Waals surface area contributed by atoms with Crippen LogP contribution in [0.5, 0.6) is 0 Å². The normalized spacial score (nSPS) is 10.6. The second kappa shape index (κ2) is 5.37. The van der Waals surface area contributed by atoms with Crippen LogP contribution in [0, 0.1) is 17.8 Å². The summed E-state index contributed by atoms with van der Waals surface area (Å²) < 4.78 is 5.21. The maximum Gasteiger partial charge on any atom is 0.312 e. The van der Waals surface area contributed by atoms with Crippen molar-refractivity contribution in [3.8, 4) is 12.3 Å². The van der Waals surface area contributed by atoms with E-state index < -0.39 is 5.41 Å². The van der Waals surface area contributed by atoms with E-state index in [1.807, 2.05) is 30.3 Å². The summed E-state index contributed by atoms with van der Waals surface area (Å²) in [5, 5.41) is 0. The van der Waals surface area contributed by atoms with E-state index >= 15 is 0 Å². The van der Waals surface area contributed by atoms with Crippen LogP contribution in [0.3, 0.4) is 0 Å². The maximum atomic E-state index is 11.7. The molecule has 0 aliphatic rings. The van der Waals surface area contributed by atoms with Crippen LogP contribution in [0.4, 0.5) is 0 Å². The van der Waals surface area contributed by atoms with Crippen molar-refractivity contribution in [2.24, 2.45) is 5.41 Å². The Morgan fingerprint density at radius 1 is 1.38 bits per heavy atom. The highest BCUT2D eigenvalue weighted by Gasteiger charge is 2.28. The summed E-state index contributed by atoms with van der Waals surface area (Å²) in [6.45, 7) is 3.88. The minimum absolute atomic E-state index is 0.255. The molecule has 84 valence electrons. The molecule has 16 heavy (non-hydrogen) atoms. The molecule has 0 N–H and O–H groups in total. The van der Waals surface area contributed by atoms with E-state index in [0.717, 1.165) is 5.56 Å². The first-order valence-corrected chi connectivity index (χ1v) is 5.21. The molecule has 0 atom stereocenters. The van der Waals surface area contributed by atoms with E-state index in [1.54, 1.807) is 13.8 Å². The van der Waals surface area contributed by atoms with Gasteiger partial charge in [-0.1, -0.05) is 30.3 Å². The number of hydrogen-bond donors (Lipinski definition) is 0. The van der Waals surface area contributed by atoms with Crippen molar-refractivity contribution in [3.05, 3.63) is 35.9 Å². The summed E-state index contributed by atoms with van der Waals surface area (Å²) in [7, 11) is 0. The molecule has 0 saturated carbocycles. The number of terminal acetylenes is 1. The van der Waals surface area contributed by atoms with E-state index in [1.165, 1.54) is 0 Å². The Bertz CT molecular complexity index is 385. The summed E-state index contributed by atoms with van der Waals surface area (Å²) >= 11 is 0. The van der Waals surface area contributed by atoms with Gasteiger partial charge in [-0.3, -0.25) is 4.79 Å². The number of esters is 1. The van der Waals surface area contributed by atoms with Gasteiger partial charge in [0.2, 0.25) is 0 Å². The van der Waals surface area contributed by atoms with Crippen molar-refractivity contribution >= 4 is 5.97 Å². The van der Waals surface area contributed by atoms with Gasteiger partial charge in [-0.15, -0.1) is 12.3 Å². The van der Waals surface area contributed by atoms with Crippen LogP contribution in [0.1, 0.15) is 25.8 Å². The Labute approximate surface area is 96.6 Å². The SMILES string of the molecule is C#CCC(C)(C)C(=O)OCc1ccccc1. The van der Waals surface area contributed by atoms with Gasteiger partial charge in [0.05, 0.1) is 5.41 Å². The Morgan fingerprint density at radius 3 is 2.56 bits per heavy atom. The first-order valence-electron chi connectivity index (χ1n) is 5.21. The lowest BCUT2D eigenvalue weighted by atomic mass is 9.90. The van der Waals surface area contributed by atoms with E-state index in [4.69, 9.17) is 11.2 Å². The largest absolute Gasteiger partial charge is 0.460 e. The fourth-order valence-corrected chi connectivity index (χ4v) is 1.25. The molecule has 1 rings (SSSR count). The summed E-state index contributed by atoms with van der Waals surface area (Å²) in [6, 6.07) is 9.59. The lowest BCUT2D eigenvalue weighted by Gasteiger charge is -2.19. The van der Waals surface area contributed by atoms with Crippen molar-refractivity contribution < 1.29 is 9.53 Å². The zero-order valence-corrected chi connectivity index (χ0v) is 9.69. The fraction of sp³-hybridized carbons (Fsp3) is 0.357. The van der Waals surface area contributed by atoms with Gasteiger partial charge in [0.15, 0.2) is 0 Å². The topological polar surface area (TPSA) is 26.3 Å². The molecule has 0 aromatic heterocycles. The summed E-state index contributed by atoms with van der Waals surface area (Å²) in [4.78, 5) is 11.7. The van der Waals surface area contributed by atoms with Crippen LogP contribution in [0.15, 0.2) is 30.3 Å². The van der Waals surface area contributed by atoms with E-state index in [0.29, 0.717) is 13.0 Å².